The molecule has 0 spiro atoms. The minimum atomic E-state index is 0.247. The Bertz CT molecular complexity index is 543. The molecule has 96 valence electrons. The van der Waals surface area contributed by atoms with Gasteiger partial charge in [0.25, 0.3) is 0 Å². The predicted molar refractivity (Wildman–Crippen MR) is 86.5 cm³/mol. The first-order chi connectivity index (χ1) is 8.52. The second-order valence-electron chi connectivity index (χ2n) is 4.34. The van der Waals surface area contributed by atoms with Crippen LogP contribution in [0, 0.1) is 13.8 Å². The third kappa shape index (κ3) is 2.87. The Morgan fingerprint density at radius 3 is 2.33 bits per heavy atom. The third-order valence-electron chi connectivity index (χ3n) is 3.10. The van der Waals surface area contributed by atoms with Gasteiger partial charge in [-0.1, -0.05) is 18.2 Å². The fourth-order valence-electron chi connectivity index (χ4n) is 1.92. The van der Waals surface area contributed by atoms with E-state index in [9.17, 15) is 0 Å². The molecule has 0 aliphatic rings. The number of benzene rings is 1. The maximum absolute atomic E-state index is 3.56. The lowest BCUT2D eigenvalue weighted by Crippen LogP contribution is -2.16. The molecular formula is C14H15Br2NS. The van der Waals surface area contributed by atoms with E-state index in [0.717, 1.165) is 8.26 Å². The van der Waals surface area contributed by atoms with Gasteiger partial charge >= 0.3 is 0 Å². The van der Waals surface area contributed by atoms with Crippen molar-refractivity contribution >= 4 is 43.2 Å². The van der Waals surface area contributed by atoms with E-state index in [1.807, 2.05) is 7.05 Å². The Balaban J connectivity index is 2.41. The van der Waals surface area contributed by atoms with Crippen molar-refractivity contribution in [3.05, 3.63) is 54.1 Å². The lowest BCUT2D eigenvalue weighted by molar-refractivity contribution is 0.703. The Morgan fingerprint density at radius 2 is 1.83 bits per heavy atom. The summed E-state index contributed by atoms with van der Waals surface area (Å²) in [5, 5.41) is 3.39. The van der Waals surface area contributed by atoms with Crippen LogP contribution >= 0.6 is 43.2 Å². The highest BCUT2D eigenvalue weighted by atomic mass is 79.9. The summed E-state index contributed by atoms with van der Waals surface area (Å²) in [6, 6.07) is 9.07. The SMILES string of the molecule is CNC(c1ccc(C)c(C)c1)c1cc(Br)c(Br)s1. The maximum atomic E-state index is 3.56. The fourth-order valence-corrected chi connectivity index (χ4v) is 4.15. The van der Waals surface area contributed by atoms with Crippen LogP contribution in [-0.2, 0) is 0 Å². The topological polar surface area (TPSA) is 12.0 Å². The molecule has 0 radical (unpaired) electrons. The van der Waals surface area contributed by atoms with Gasteiger partial charge < -0.3 is 5.32 Å². The molecule has 0 aliphatic carbocycles. The maximum Gasteiger partial charge on any atom is 0.0843 e. The van der Waals surface area contributed by atoms with Gasteiger partial charge in [-0.05, 0) is 75.5 Å². The summed E-state index contributed by atoms with van der Waals surface area (Å²) in [6.07, 6.45) is 0. The highest BCUT2D eigenvalue weighted by Crippen LogP contribution is 2.37. The van der Waals surface area contributed by atoms with E-state index in [1.165, 1.54) is 21.6 Å². The first-order valence-corrected chi connectivity index (χ1v) is 8.12. The third-order valence-corrected chi connectivity index (χ3v) is 6.42. The van der Waals surface area contributed by atoms with Gasteiger partial charge in [0.15, 0.2) is 0 Å². The van der Waals surface area contributed by atoms with Crippen LogP contribution < -0.4 is 5.32 Å². The zero-order chi connectivity index (χ0) is 13.3. The smallest absolute Gasteiger partial charge is 0.0843 e. The minimum absolute atomic E-state index is 0.247. The second kappa shape index (κ2) is 5.87. The standard InChI is InChI=1S/C14H15Br2NS/c1-8-4-5-10(6-9(8)2)13(17-3)12-7-11(15)14(16)18-12/h4-7,13,17H,1-3H3. The van der Waals surface area contributed by atoms with Crippen molar-refractivity contribution in [1.29, 1.82) is 0 Å². The van der Waals surface area contributed by atoms with Crippen LogP contribution in [0.1, 0.15) is 27.6 Å². The second-order valence-corrected chi connectivity index (χ2v) is 7.59. The lowest BCUT2D eigenvalue weighted by atomic mass is 10.0. The molecule has 2 aromatic rings. The molecule has 0 fully saturated rings. The summed E-state index contributed by atoms with van der Waals surface area (Å²) in [7, 11) is 2.00. The highest BCUT2D eigenvalue weighted by molar-refractivity contribution is 9.13. The monoisotopic (exact) mass is 387 g/mol. The van der Waals surface area contributed by atoms with Gasteiger partial charge in [0.1, 0.15) is 0 Å². The van der Waals surface area contributed by atoms with Crippen molar-refractivity contribution in [3.63, 3.8) is 0 Å². The summed E-state index contributed by atoms with van der Waals surface area (Å²) in [6.45, 7) is 4.30. The van der Waals surface area contributed by atoms with E-state index in [4.69, 9.17) is 0 Å². The van der Waals surface area contributed by atoms with Gasteiger partial charge in [-0.15, -0.1) is 11.3 Å². The average molecular weight is 389 g/mol. The van der Waals surface area contributed by atoms with Gasteiger partial charge in [-0.3, -0.25) is 0 Å². The van der Waals surface area contributed by atoms with Gasteiger partial charge in [0.2, 0.25) is 0 Å². The van der Waals surface area contributed by atoms with E-state index < -0.39 is 0 Å². The lowest BCUT2D eigenvalue weighted by Gasteiger charge is -2.16. The number of hydrogen-bond acceptors (Lipinski definition) is 2. The Labute approximate surface area is 129 Å². The molecule has 0 amide bonds. The molecule has 1 aromatic carbocycles. The van der Waals surface area contributed by atoms with Crippen molar-refractivity contribution in [2.45, 2.75) is 19.9 Å². The summed E-state index contributed by atoms with van der Waals surface area (Å²) < 4.78 is 2.26. The normalized spacial score (nSPS) is 12.7. The first-order valence-electron chi connectivity index (χ1n) is 5.72. The number of halogens is 2. The van der Waals surface area contributed by atoms with Crippen LogP contribution in [0.15, 0.2) is 32.5 Å². The van der Waals surface area contributed by atoms with Gasteiger partial charge in [-0.2, -0.15) is 0 Å². The van der Waals surface area contributed by atoms with Crippen LogP contribution in [0.25, 0.3) is 0 Å². The fraction of sp³-hybridized carbons (Fsp3) is 0.286. The highest BCUT2D eigenvalue weighted by Gasteiger charge is 2.16. The molecule has 0 aliphatic heterocycles. The van der Waals surface area contributed by atoms with Crippen molar-refractivity contribution < 1.29 is 0 Å². The number of nitrogens with one attached hydrogen (secondary N) is 1. The molecular weight excluding hydrogens is 374 g/mol. The van der Waals surface area contributed by atoms with E-state index in [2.05, 4.69) is 75.3 Å². The van der Waals surface area contributed by atoms with Crippen LogP contribution in [-0.4, -0.2) is 7.05 Å². The number of aryl methyl sites for hydroxylation is 2. The summed E-state index contributed by atoms with van der Waals surface area (Å²) in [5.41, 5.74) is 3.98. The molecule has 2 rings (SSSR count). The van der Waals surface area contributed by atoms with Crippen molar-refractivity contribution in [2.24, 2.45) is 0 Å². The number of thiophene rings is 1. The van der Waals surface area contributed by atoms with Crippen molar-refractivity contribution in [1.82, 2.24) is 5.32 Å². The molecule has 1 aromatic heterocycles. The van der Waals surface area contributed by atoms with Crippen LogP contribution in [0.4, 0.5) is 0 Å². The molecule has 0 saturated carbocycles. The summed E-state index contributed by atoms with van der Waals surface area (Å²) in [5.74, 6) is 0. The Kier molecular flexibility index (Phi) is 4.64. The zero-order valence-electron chi connectivity index (χ0n) is 10.6. The largest absolute Gasteiger partial charge is 0.309 e. The van der Waals surface area contributed by atoms with Gasteiger partial charge in [0.05, 0.1) is 9.83 Å². The average Bonchev–Trinajstić information content (AvgIpc) is 2.65. The molecule has 18 heavy (non-hydrogen) atoms. The van der Waals surface area contributed by atoms with Crippen LogP contribution in [0.3, 0.4) is 0 Å². The number of hydrogen-bond donors (Lipinski definition) is 1. The van der Waals surface area contributed by atoms with Crippen LogP contribution in [0.2, 0.25) is 0 Å². The first kappa shape index (κ1) is 14.3. The molecule has 1 atom stereocenters. The molecule has 1 unspecified atom stereocenters. The van der Waals surface area contributed by atoms with E-state index >= 15 is 0 Å². The zero-order valence-corrected chi connectivity index (χ0v) is 14.5. The molecule has 1 heterocycles. The Morgan fingerprint density at radius 1 is 1.11 bits per heavy atom. The van der Waals surface area contributed by atoms with E-state index in [0.29, 0.717) is 0 Å². The number of rotatable bonds is 3. The molecule has 4 heteroatoms. The molecule has 1 N–H and O–H groups in total. The molecule has 0 bridgehead atoms. The predicted octanol–water partition coefficient (Wildman–Crippen LogP) is 5.20. The molecule has 0 saturated heterocycles. The minimum Gasteiger partial charge on any atom is -0.309 e. The van der Waals surface area contributed by atoms with E-state index in [-0.39, 0.29) is 6.04 Å². The summed E-state index contributed by atoms with van der Waals surface area (Å²) in [4.78, 5) is 1.31. The van der Waals surface area contributed by atoms with Gasteiger partial charge in [0, 0.05) is 9.35 Å². The van der Waals surface area contributed by atoms with Crippen molar-refractivity contribution in [3.8, 4) is 0 Å². The van der Waals surface area contributed by atoms with Crippen LogP contribution in [0.5, 0.6) is 0 Å². The quantitative estimate of drug-likeness (QED) is 0.761. The molecule has 1 nitrogen and oxygen atoms in total. The Hall–Kier alpha value is -0.160. The summed E-state index contributed by atoms with van der Waals surface area (Å²) >= 11 is 8.86. The van der Waals surface area contributed by atoms with Crippen molar-refractivity contribution in [2.75, 3.05) is 7.05 Å². The van der Waals surface area contributed by atoms with E-state index in [1.54, 1.807) is 11.3 Å². The van der Waals surface area contributed by atoms with Gasteiger partial charge in [-0.25, -0.2) is 0 Å².